The number of halogens is 1. The number of fused-ring (bicyclic) bond motifs is 1. The summed E-state index contributed by atoms with van der Waals surface area (Å²) in [7, 11) is -6.43. The van der Waals surface area contributed by atoms with E-state index in [0.717, 1.165) is 6.07 Å². The molecule has 2 fully saturated rings. The van der Waals surface area contributed by atoms with Crippen LogP contribution in [0.4, 0.5) is 4.39 Å². The maximum absolute atomic E-state index is 13.9. The van der Waals surface area contributed by atoms with E-state index in [2.05, 4.69) is 10.0 Å². The van der Waals surface area contributed by atoms with Gasteiger partial charge in [-0.1, -0.05) is 6.07 Å². The van der Waals surface area contributed by atoms with Crippen LogP contribution in [0.1, 0.15) is 26.2 Å². The maximum Gasteiger partial charge on any atom is 0.248 e. The second-order valence-corrected chi connectivity index (χ2v) is 14.9. The molecule has 44 heavy (non-hydrogen) atoms. The van der Waals surface area contributed by atoms with Gasteiger partial charge in [0.15, 0.2) is 0 Å². The average molecular weight is 653 g/mol. The van der Waals surface area contributed by atoms with Crippen molar-refractivity contribution in [3.05, 3.63) is 64.7 Å². The Balaban J connectivity index is 1.15. The van der Waals surface area contributed by atoms with E-state index >= 15 is 0 Å². The molecule has 0 amide bonds. The number of aliphatic hydroxyl groups is 1. The van der Waals surface area contributed by atoms with Crippen molar-refractivity contribution in [3.63, 3.8) is 0 Å². The Bertz CT molecular complexity index is 1790. The first-order valence-electron chi connectivity index (χ1n) is 14.4. The van der Waals surface area contributed by atoms with Gasteiger partial charge in [0.1, 0.15) is 29.2 Å². The smallest absolute Gasteiger partial charge is 0.248 e. The van der Waals surface area contributed by atoms with Crippen LogP contribution >= 0.6 is 0 Å². The van der Waals surface area contributed by atoms with E-state index in [1.165, 1.54) is 41.8 Å². The van der Waals surface area contributed by atoms with Crippen molar-refractivity contribution in [1.29, 1.82) is 0 Å². The number of piperidine rings is 1. The monoisotopic (exact) mass is 652 g/mol. The number of hydrogen-bond acceptors (Lipinski definition) is 9. The van der Waals surface area contributed by atoms with Crippen LogP contribution in [-0.4, -0.2) is 88.5 Å². The Morgan fingerprint density at radius 2 is 1.91 bits per heavy atom. The molecule has 2 aliphatic rings. The van der Waals surface area contributed by atoms with Crippen LogP contribution in [0.15, 0.2) is 63.2 Å². The second-order valence-electron chi connectivity index (χ2n) is 11.1. The molecule has 0 aliphatic carbocycles. The SMILES string of the molecule is CCn1cc(S(=O)(=O)N2CCC3(CC2)C[C@@H](NC[C@H](O)COc2cccc(S(=O)(=O)NC)c2)CO3)c(=O)c2cc(F)ccc21. The van der Waals surface area contributed by atoms with Gasteiger partial charge in [0.05, 0.1) is 22.6 Å². The predicted molar refractivity (Wildman–Crippen MR) is 161 cm³/mol. The lowest BCUT2D eigenvalue weighted by Crippen LogP contribution is -2.47. The van der Waals surface area contributed by atoms with Gasteiger partial charge in [0.2, 0.25) is 25.5 Å². The number of aryl methyl sites for hydroxylation is 1. The number of hydrogen-bond donors (Lipinski definition) is 3. The first kappa shape index (κ1) is 32.5. The summed E-state index contributed by atoms with van der Waals surface area (Å²) in [6.07, 6.45) is 1.96. The highest BCUT2D eigenvalue weighted by atomic mass is 32.2. The van der Waals surface area contributed by atoms with Gasteiger partial charge in [-0.2, -0.15) is 4.31 Å². The Morgan fingerprint density at radius 3 is 2.61 bits per heavy atom. The van der Waals surface area contributed by atoms with E-state index in [0.29, 0.717) is 43.7 Å². The summed E-state index contributed by atoms with van der Waals surface area (Å²) >= 11 is 0. The van der Waals surface area contributed by atoms with E-state index in [-0.39, 0.29) is 47.5 Å². The number of aromatic nitrogens is 1. The first-order valence-corrected chi connectivity index (χ1v) is 17.3. The number of rotatable bonds is 11. The molecular formula is C29H37FN4O8S2. The largest absolute Gasteiger partial charge is 0.491 e. The highest BCUT2D eigenvalue weighted by molar-refractivity contribution is 7.89. The van der Waals surface area contributed by atoms with Crippen molar-refractivity contribution in [3.8, 4) is 5.75 Å². The zero-order chi connectivity index (χ0) is 31.7. The molecule has 0 bridgehead atoms. The van der Waals surface area contributed by atoms with Crippen molar-refractivity contribution < 1.29 is 35.8 Å². The Labute approximate surface area is 255 Å². The second kappa shape index (κ2) is 12.8. The topological polar surface area (TPSA) is 156 Å². The molecule has 2 saturated heterocycles. The summed E-state index contributed by atoms with van der Waals surface area (Å²) in [6, 6.07) is 9.72. The third-order valence-corrected chi connectivity index (χ3v) is 11.6. The van der Waals surface area contributed by atoms with Crippen molar-refractivity contribution in [2.24, 2.45) is 0 Å². The lowest BCUT2D eigenvalue weighted by atomic mass is 9.88. The van der Waals surface area contributed by atoms with Crippen LogP contribution in [-0.2, 0) is 31.3 Å². The summed E-state index contributed by atoms with van der Waals surface area (Å²) in [5, 5.41) is 13.7. The summed E-state index contributed by atoms with van der Waals surface area (Å²) in [5.41, 5.74) is -0.774. The van der Waals surface area contributed by atoms with Gasteiger partial charge in [0, 0.05) is 49.9 Å². The molecular weight excluding hydrogens is 615 g/mol. The van der Waals surface area contributed by atoms with E-state index in [9.17, 15) is 31.1 Å². The summed E-state index contributed by atoms with van der Waals surface area (Å²) < 4.78 is 82.0. The minimum Gasteiger partial charge on any atom is -0.491 e. The highest BCUT2D eigenvalue weighted by Gasteiger charge is 2.45. The number of nitrogens with zero attached hydrogens (tertiary/aromatic N) is 2. The van der Waals surface area contributed by atoms with Gasteiger partial charge < -0.3 is 24.5 Å². The van der Waals surface area contributed by atoms with E-state index in [1.54, 1.807) is 16.7 Å². The van der Waals surface area contributed by atoms with Crippen molar-refractivity contribution in [2.45, 2.75) is 60.3 Å². The molecule has 0 unspecified atom stereocenters. The number of nitrogens with one attached hydrogen (secondary N) is 2. The fourth-order valence-electron chi connectivity index (χ4n) is 5.79. The van der Waals surface area contributed by atoms with Crippen LogP contribution in [0.5, 0.6) is 5.75 Å². The van der Waals surface area contributed by atoms with Gasteiger partial charge in [0.25, 0.3) is 0 Å². The van der Waals surface area contributed by atoms with Gasteiger partial charge in [-0.3, -0.25) is 4.79 Å². The molecule has 2 aliphatic heterocycles. The minimum absolute atomic E-state index is 0.0253. The van der Waals surface area contributed by atoms with Crippen molar-refractivity contribution in [1.82, 2.24) is 18.9 Å². The number of pyridine rings is 1. The minimum atomic E-state index is -4.13. The molecule has 0 saturated carbocycles. The average Bonchev–Trinajstić information content (AvgIpc) is 3.41. The fourth-order valence-corrected chi connectivity index (χ4v) is 8.10. The van der Waals surface area contributed by atoms with Crippen molar-refractivity contribution >= 4 is 30.9 Å². The number of benzene rings is 2. The first-order chi connectivity index (χ1) is 20.9. The van der Waals surface area contributed by atoms with Gasteiger partial charge in [-0.05, 0) is 63.6 Å². The molecule has 2 atom stereocenters. The van der Waals surface area contributed by atoms with Crippen LogP contribution in [0, 0.1) is 5.82 Å². The van der Waals surface area contributed by atoms with Crippen LogP contribution < -0.4 is 20.2 Å². The molecule has 240 valence electrons. The highest BCUT2D eigenvalue weighted by Crippen LogP contribution is 2.37. The Kier molecular flexibility index (Phi) is 9.47. The molecule has 12 nitrogen and oxygen atoms in total. The maximum atomic E-state index is 13.9. The molecule has 2 aromatic carbocycles. The fraction of sp³-hybridized carbons (Fsp3) is 0.483. The quantitative estimate of drug-likeness (QED) is 0.279. The molecule has 15 heteroatoms. The molecule has 3 heterocycles. The van der Waals surface area contributed by atoms with E-state index in [1.807, 2.05) is 6.92 Å². The molecule has 3 aromatic rings. The zero-order valence-corrected chi connectivity index (χ0v) is 26.2. The third-order valence-electron chi connectivity index (χ3n) is 8.28. The number of ether oxygens (including phenoxy) is 2. The molecule has 1 spiro atoms. The van der Waals surface area contributed by atoms with Crippen LogP contribution in [0.2, 0.25) is 0 Å². The normalized spacial score (nSPS) is 19.9. The summed E-state index contributed by atoms with van der Waals surface area (Å²) in [6.45, 7) is 3.11. The van der Waals surface area contributed by atoms with Gasteiger partial charge >= 0.3 is 0 Å². The van der Waals surface area contributed by atoms with E-state index in [4.69, 9.17) is 9.47 Å². The van der Waals surface area contributed by atoms with E-state index < -0.39 is 43.0 Å². The molecule has 5 rings (SSSR count). The van der Waals surface area contributed by atoms with Crippen molar-refractivity contribution in [2.75, 3.05) is 39.9 Å². The molecule has 3 N–H and O–H groups in total. The summed E-state index contributed by atoms with van der Waals surface area (Å²) in [5.74, 6) is -0.296. The standard InChI is InChI=1S/C29H37FN4O8S2/c1-3-33-17-27(28(36)25-13-20(30)7-8-26(25)33)44(39,40)34-11-9-29(10-12-34)15-21(18-42-29)32-16-22(35)19-41-23-5-4-6-24(14-23)43(37,38)31-2/h4-8,13-14,17,21-22,31-32,35H,3,9-12,15-16,18-19H2,1-2H3/t21-,22+/m1/s1. The Morgan fingerprint density at radius 1 is 1.16 bits per heavy atom. The number of sulfonamides is 2. The zero-order valence-electron chi connectivity index (χ0n) is 24.5. The lowest BCUT2D eigenvalue weighted by molar-refractivity contribution is -0.0312. The molecule has 1 aromatic heterocycles. The van der Waals surface area contributed by atoms with Crippen LogP contribution in [0.3, 0.4) is 0 Å². The Hall–Kier alpha value is -2.92. The predicted octanol–water partition coefficient (Wildman–Crippen LogP) is 1.41. The third kappa shape index (κ3) is 6.68. The van der Waals surface area contributed by atoms with Gasteiger partial charge in [-0.15, -0.1) is 0 Å². The molecule has 0 radical (unpaired) electrons. The number of aliphatic hydroxyl groups excluding tert-OH is 1. The van der Waals surface area contributed by atoms with Crippen LogP contribution in [0.25, 0.3) is 10.9 Å². The lowest BCUT2D eigenvalue weighted by Gasteiger charge is -2.38. The summed E-state index contributed by atoms with van der Waals surface area (Å²) in [4.78, 5) is 12.9. The van der Waals surface area contributed by atoms with Gasteiger partial charge in [-0.25, -0.2) is 25.9 Å².